The predicted molar refractivity (Wildman–Crippen MR) is 65.5 cm³/mol. The van der Waals surface area contributed by atoms with E-state index < -0.39 is 0 Å². The average Bonchev–Trinajstić information content (AvgIpc) is 2.27. The topological polar surface area (TPSA) is 50.1 Å². The molecule has 0 unspecified atom stereocenters. The lowest BCUT2D eigenvalue weighted by Gasteiger charge is -2.09. The number of alkyl halides is 1. The van der Waals surface area contributed by atoms with E-state index in [0.29, 0.717) is 16.9 Å². The minimum absolute atomic E-state index is 0.124. The lowest BCUT2D eigenvalue weighted by atomic mass is 10.1. The minimum atomic E-state index is -0.241. The molecule has 0 saturated heterocycles. The number of nitriles is 1. The Morgan fingerprint density at radius 2 is 2.33 bits per heavy atom. The second-order valence-corrected chi connectivity index (χ2v) is 4.10. The Bertz CT molecular complexity index is 440. The Labute approximate surface area is 106 Å². The van der Waals surface area contributed by atoms with E-state index in [1.807, 2.05) is 28.7 Å². The van der Waals surface area contributed by atoms with Crippen molar-refractivity contribution < 1.29 is 9.53 Å². The number of carbonyl (C=O) groups excluding carboxylic acids is 1. The standard InChI is InChI=1S/C10H7ClINO2/c1-15-10-6(5-13)2-3-7(12)9(10)8(14)4-11/h2-3H,4H2,1H3. The summed E-state index contributed by atoms with van der Waals surface area (Å²) in [5.41, 5.74) is 0.721. The van der Waals surface area contributed by atoms with Gasteiger partial charge in [0.2, 0.25) is 0 Å². The summed E-state index contributed by atoms with van der Waals surface area (Å²) in [5.74, 6) is -0.0635. The normalized spacial score (nSPS) is 9.47. The van der Waals surface area contributed by atoms with E-state index in [9.17, 15) is 4.79 Å². The number of ether oxygens (including phenoxy) is 1. The fourth-order valence-electron chi connectivity index (χ4n) is 1.19. The van der Waals surface area contributed by atoms with Crippen molar-refractivity contribution >= 4 is 40.0 Å². The smallest absolute Gasteiger partial charge is 0.182 e. The van der Waals surface area contributed by atoms with Crippen molar-refractivity contribution in [3.8, 4) is 11.8 Å². The number of nitrogens with zero attached hydrogens (tertiary/aromatic N) is 1. The molecule has 0 saturated carbocycles. The van der Waals surface area contributed by atoms with Gasteiger partial charge in [0.1, 0.15) is 11.8 Å². The fraction of sp³-hybridized carbons (Fsp3) is 0.200. The Morgan fingerprint density at radius 3 is 2.80 bits per heavy atom. The largest absolute Gasteiger partial charge is 0.495 e. The third-order valence-electron chi connectivity index (χ3n) is 1.83. The van der Waals surface area contributed by atoms with E-state index in [1.165, 1.54) is 7.11 Å². The first-order valence-electron chi connectivity index (χ1n) is 4.01. The maximum Gasteiger partial charge on any atom is 0.182 e. The van der Waals surface area contributed by atoms with Crippen LogP contribution in [0.5, 0.6) is 5.75 Å². The fourth-order valence-corrected chi connectivity index (χ4v) is 2.04. The molecule has 0 aromatic heterocycles. The molecular weight excluding hydrogens is 328 g/mol. The first-order valence-corrected chi connectivity index (χ1v) is 5.62. The lowest BCUT2D eigenvalue weighted by molar-refractivity contribution is 0.101. The number of Topliss-reactive ketones (excluding diaryl/α,β-unsaturated/α-hetero) is 1. The third-order valence-corrected chi connectivity index (χ3v) is 2.97. The van der Waals surface area contributed by atoms with E-state index in [2.05, 4.69) is 0 Å². The number of methoxy groups -OCH3 is 1. The first-order chi connectivity index (χ1) is 7.15. The molecule has 5 heteroatoms. The second-order valence-electron chi connectivity index (χ2n) is 2.67. The first kappa shape index (κ1) is 12.3. The molecule has 3 nitrogen and oxygen atoms in total. The summed E-state index contributed by atoms with van der Waals surface area (Å²) in [5, 5.41) is 8.84. The van der Waals surface area contributed by atoms with Gasteiger partial charge >= 0.3 is 0 Å². The number of halogens is 2. The average molecular weight is 336 g/mol. The van der Waals surface area contributed by atoms with Crippen molar-refractivity contribution in [1.82, 2.24) is 0 Å². The second kappa shape index (κ2) is 5.33. The molecule has 78 valence electrons. The van der Waals surface area contributed by atoms with Gasteiger partial charge in [-0.05, 0) is 34.7 Å². The number of hydrogen-bond acceptors (Lipinski definition) is 3. The molecule has 1 aromatic rings. The quantitative estimate of drug-likeness (QED) is 0.485. The van der Waals surface area contributed by atoms with Crippen molar-refractivity contribution in [2.75, 3.05) is 13.0 Å². The number of hydrogen-bond donors (Lipinski definition) is 0. The summed E-state index contributed by atoms with van der Waals surface area (Å²) >= 11 is 7.50. The zero-order valence-corrected chi connectivity index (χ0v) is 10.8. The summed E-state index contributed by atoms with van der Waals surface area (Å²) in [6, 6.07) is 5.28. The highest BCUT2D eigenvalue weighted by atomic mass is 127. The van der Waals surface area contributed by atoms with E-state index >= 15 is 0 Å². The van der Waals surface area contributed by atoms with Crippen molar-refractivity contribution in [1.29, 1.82) is 5.26 Å². The van der Waals surface area contributed by atoms with Crippen LogP contribution in [-0.2, 0) is 0 Å². The molecule has 0 N–H and O–H groups in total. The van der Waals surface area contributed by atoms with Gasteiger partial charge in [-0.1, -0.05) is 0 Å². The molecule has 15 heavy (non-hydrogen) atoms. The number of ketones is 1. The molecule has 0 radical (unpaired) electrons. The van der Waals surface area contributed by atoms with Crippen molar-refractivity contribution in [3.63, 3.8) is 0 Å². The zero-order valence-electron chi connectivity index (χ0n) is 7.88. The van der Waals surface area contributed by atoms with E-state index in [1.54, 1.807) is 12.1 Å². The van der Waals surface area contributed by atoms with Crippen LogP contribution in [0.4, 0.5) is 0 Å². The Hall–Kier alpha value is -0.800. The zero-order chi connectivity index (χ0) is 11.4. The van der Waals surface area contributed by atoms with Gasteiger partial charge in [-0.2, -0.15) is 5.26 Å². The van der Waals surface area contributed by atoms with Crippen LogP contribution in [0.2, 0.25) is 0 Å². The maximum absolute atomic E-state index is 11.6. The van der Waals surface area contributed by atoms with Crippen LogP contribution in [0.1, 0.15) is 15.9 Å². The van der Waals surface area contributed by atoms with Gasteiger partial charge in [0.15, 0.2) is 5.78 Å². The predicted octanol–water partition coefficient (Wildman–Crippen LogP) is 2.59. The summed E-state index contributed by atoms with van der Waals surface area (Å²) < 4.78 is 5.80. The molecule has 0 aliphatic heterocycles. The number of rotatable bonds is 3. The Morgan fingerprint density at radius 1 is 1.67 bits per heavy atom. The molecule has 0 fully saturated rings. The molecule has 0 atom stereocenters. The van der Waals surface area contributed by atoms with Crippen molar-refractivity contribution in [2.45, 2.75) is 0 Å². The summed E-state index contributed by atoms with van der Waals surface area (Å²) in [7, 11) is 1.43. The van der Waals surface area contributed by atoms with Crippen LogP contribution in [0.25, 0.3) is 0 Å². The van der Waals surface area contributed by atoms with E-state index in [-0.39, 0.29) is 11.7 Å². The molecular formula is C10H7ClINO2. The molecule has 0 aliphatic rings. The van der Waals surface area contributed by atoms with Gasteiger partial charge in [-0.15, -0.1) is 11.6 Å². The lowest BCUT2D eigenvalue weighted by Crippen LogP contribution is -2.07. The third kappa shape index (κ3) is 2.41. The molecule has 0 amide bonds. The summed E-state index contributed by atoms with van der Waals surface area (Å²) in [4.78, 5) is 11.6. The van der Waals surface area contributed by atoms with E-state index in [0.717, 1.165) is 3.57 Å². The number of benzene rings is 1. The number of carbonyl (C=O) groups is 1. The highest BCUT2D eigenvalue weighted by Crippen LogP contribution is 2.28. The molecule has 0 aliphatic carbocycles. The van der Waals surface area contributed by atoms with Crippen LogP contribution >= 0.6 is 34.2 Å². The van der Waals surface area contributed by atoms with Gasteiger partial charge in [0.05, 0.1) is 24.1 Å². The highest BCUT2D eigenvalue weighted by Gasteiger charge is 2.18. The molecule has 0 heterocycles. The van der Waals surface area contributed by atoms with Gasteiger partial charge in [0, 0.05) is 3.57 Å². The van der Waals surface area contributed by atoms with Crippen LogP contribution in [0.3, 0.4) is 0 Å². The molecule has 0 spiro atoms. The Balaban J connectivity index is 3.47. The van der Waals surface area contributed by atoms with Crippen molar-refractivity contribution in [2.24, 2.45) is 0 Å². The van der Waals surface area contributed by atoms with Gasteiger partial charge < -0.3 is 4.74 Å². The highest BCUT2D eigenvalue weighted by molar-refractivity contribution is 14.1. The van der Waals surface area contributed by atoms with Crippen LogP contribution in [0, 0.1) is 14.9 Å². The molecule has 0 bridgehead atoms. The summed E-state index contributed by atoms with van der Waals surface area (Å²) in [6.07, 6.45) is 0. The summed E-state index contributed by atoms with van der Waals surface area (Å²) in [6.45, 7) is 0. The van der Waals surface area contributed by atoms with Crippen molar-refractivity contribution in [3.05, 3.63) is 26.8 Å². The SMILES string of the molecule is COc1c(C#N)ccc(I)c1C(=O)CCl. The van der Waals surface area contributed by atoms with E-state index in [4.69, 9.17) is 21.6 Å². The van der Waals surface area contributed by atoms with Gasteiger partial charge in [-0.25, -0.2) is 0 Å². The minimum Gasteiger partial charge on any atom is -0.495 e. The maximum atomic E-state index is 11.6. The van der Waals surface area contributed by atoms with Crippen LogP contribution in [-0.4, -0.2) is 18.8 Å². The van der Waals surface area contributed by atoms with Crippen LogP contribution < -0.4 is 4.74 Å². The molecule has 1 aromatic carbocycles. The van der Waals surface area contributed by atoms with Gasteiger partial charge in [-0.3, -0.25) is 4.79 Å². The Kier molecular flexibility index (Phi) is 4.36. The van der Waals surface area contributed by atoms with Crippen LogP contribution in [0.15, 0.2) is 12.1 Å². The van der Waals surface area contributed by atoms with Gasteiger partial charge in [0.25, 0.3) is 0 Å². The monoisotopic (exact) mass is 335 g/mol. The molecule has 1 rings (SSSR count).